The molecule has 0 radical (unpaired) electrons. The third-order valence-corrected chi connectivity index (χ3v) is 4.54. The minimum Gasteiger partial charge on any atom is -0.466 e. The summed E-state index contributed by atoms with van der Waals surface area (Å²) in [5.74, 6) is -0.505. The van der Waals surface area contributed by atoms with Gasteiger partial charge in [0.05, 0.1) is 17.7 Å². The average molecular weight is 433 g/mol. The molecule has 0 saturated carbocycles. The number of carbonyl (C=O) groups excluding carboxylic acids is 1. The van der Waals surface area contributed by atoms with E-state index >= 15 is 0 Å². The number of halogens is 1. The molecule has 0 saturated heterocycles. The molecule has 1 heterocycles. The number of carbonyl (C=O) groups is 1. The number of hydrogen-bond acceptors (Lipinski definition) is 6. The van der Waals surface area contributed by atoms with Crippen LogP contribution < -0.4 is 10.1 Å². The van der Waals surface area contributed by atoms with Gasteiger partial charge >= 0.3 is 6.01 Å². The summed E-state index contributed by atoms with van der Waals surface area (Å²) in [7, 11) is 1.43. The molecule has 4 aromatic rings. The SMILES string of the molecule is COc1nc(-c2cccc(F)c2)n(-c2ccc(NC(=O)c3cccc([N+](=O)[O-])c3)cc2)n1. The van der Waals surface area contributed by atoms with E-state index in [0.29, 0.717) is 22.8 Å². The molecule has 0 atom stereocenters. The second kappa shape index (κ2) is 8.64. The van der Waals surface area contributed by atoms with Crippen molar-refractivity contribution in [3.8, 4) is 23.1 Å². The van der Waals surface area contributed by atoms with Crippen molar-refractivity contribution >= 4 is 17.3 Å². The third kappa shape index (κ3) is 4.29. The van der Waals surface area contributed by atoms with Crippen LogP contribution in [0.15, 0.2) is 72.8 Å². The standard InChI is InChI=1S/C22H16FN5O4/c1-32-22-25-20(14-4-2-6-16(23)12-14)27(26-22)18-10-8-17(9-11-18)24-21(29)15-5-3-7-19(13-15)28(30)31/h2-13H,1H3,(H,24,29). The smallest absolute Gasteiger partial charge is 0.336 e. The van der Waals surface area contributed by atoms with Gasteiger partial charge in [0.25, 0.3) is 11.6 Å². The zero-order chi connectivity index (χ0) is 22.7. The van der Waals surface area contributed by atoms with Crippen LogP contribution in [0.3, 0.4) is 0 Å². The molecule has 0 aliphatic rings. The summed E-state index contributed by atoms with van der Waals surface area (Å²) < 4.78 is 20.3. The van der Waals surface area contributed by atoms with Crippen molar-refractivity contribution in [2.75, 3.05) is 12.4 Å². The van der Waals surface area contributed by atoms with Crippen LogP contribution in [0.25, 0.3) is 17.1 Å². The fraction of sp³-hybridized carbons (Fsp3) is 0.0455. The number of nitrogens with zero attached hydrogens (tertiary/aromatic N) is 4. The Labute approximate surface area is 181 Å². The highest BCUT2D eigenvalue weighted by Crippen LogP contribution is 2.25. The van der Waals surface area contributed by atoms with Crippen LogP contribution in [0.2, 0.25) is 0 Å². The number of nitro groups is 1. The van der Waals surface area contributed by atoms with Crippen molar-refractivity contribution in [3.63, 3.8) is 0 Å². The molecule has 0 aliphatic heterocycles. The van der Waals surface area contributed by atoms with E-state index < -0.39 is 16.6 Å². The van der Waals surface area contributed by atoms with E-state index in [1.165, 1.54) is 48.2 Å². The van der Waals surface area contributed by atoms with Gasteiger partial charge in [0.15, 0.2) is 5.82 Å². The van der Waals surface area contributed by atoms with Crippen LogP contribution in [0.5, 0.6) is 6.01 Å². The Bertz CT molecular complexity index is 1300. The normalized spacial score (nSPS) is 10.6. The van der Waals surface area contributed by atoms with Crippen LogP contribution in [0.1, 0.15) is 10.4 Å². The molecular weight excluding hydrogens is 417 g/mol. The van der Waals surface area contributed by atoms with E-state index in [1.807, 2.05) is 0 Å². The minimum absolute atomic E-state index is 0.118. The van der Waals surface area contributed by atoms with Gasteiger partial charge in [0.1, 0.15) is 5.82 Å². The Kier molecular flexibility index (Phi) is 5.58. The molecule has 0 aliphatic carbocycles. The lowest BCUT2D eigenvalue weighted by molar-refractivity contribution is -0.384. The van der Waals surface area contributed by atoms with Crippen LogP contribution in [-0.2, 0) is 0 Å². The Morgan fingerprint density at radius 1 is 1.09 bits per heavy atom. The van der Waals surface area contributed by atoms with Gasteiger partial charge in [0.2, 0.25) is 0 Å². The molecule has 0 fully saturated rings. The number of benzene rings is 3. The molecule has 160 valence electrons. The Hall–Kier alpha value is -4.60. The van der Waals surface area contributed by atoms with Crippen molar-refractivity contribution in [2.24, 2.45) is 0 Å². The quantitative estimate of drug-likeness (QED) is 0.359. The number of anilines is 1. The first-order valence-corrected chi connectivity index (χ1v) is 9.38. The van der Waals surface area contributed by atoms with Gasteiger partial charge in [-0.1, -0.05) is 18.2 Å². The predicted octanol–water partition coefficient (Wildman–Crippen LogP) is 4.24. The molecule has 1 N–H and O–H groups in total. The van der Waals surface area contributed by atoms with Gasteiger partial charge in [-0.2, -0.15) is 4.98 Å². The average Bonchev–Trinajstić information content (AvgIpc) is 3.24. The summed E-state index contributed by atoms with van der Waals surface area (Å²) in [6.07, 6.45) is 0. The zero-order valence-corrected chi connectivity index (χ0v) is 16.7. The van der Waals surface area contributed by atoms with E-state index in [2.05, 4.69) is 15.4 Å². The van der Waals surface area contributed by atoms with Gasteiger partial charge < -0.3 is 10.1 Å². The van der Waals surface area contributed by atoms with Gasteiger partial charge in [0, 0.05) is 28.9 Å². The predicted molar refractivity (Wildman–Crippen MR) is 114 cm³/mol. The molecule has 9 nitrogen and oxygen atoms in total. The number of aromatic nitrogens is 3. The maximum Gasteiger partial charge on any atom is 0.336 e. The molecule has 32 heavy (non-hydrogen) atoms. The second-order valence-electron chi connectivity index (χ2n) is 6.65. The fourth-order valence-corrected chi connectivity index (χ4v) is 3.02. The van der Waals surface area contributed by atoms with Crippen LogP contribution in [-0.4, -0.2) is 32.7 Å². The fourth-order valence-electron chi connectivity index (χ4n) is 3.02. The summed E-state index contributed by atoms with van der Waals surface area (Å²) in [5, 5.41) is 17.9. The zero-order valence-electron chi connectivity index (χ0n) is 16.7. The molecule has 1 amide bonds. The number of nitrogens with one attached hydrogen (secondary N) is 1. The number of non-ortho nitro benzene ring substituents is 1. The molecule has 0 spiro atoms. The number of nitro benzene ring substituents is 1. The van der Waals surface area contributed by atoms with Crippen molar-refractivity contribution in [2.45, 2.75) is 0 Å². The number of amides is 1. The number of rotatable bonds is 6. The number of methoxy groups -OCH3 is 1. The van der Waals surface area contributed by atoms with Crippen LogP contribution >= 0.6 is 0 Å². The third-order valence-electron chi connectivity index (χ3n) is 4.54. The summed E-state index contributed by atoms with van der Waals surface area (Å²) in [6.45, 7) is 0. The van der Waals surface area contributed by atoms with Gasteiger partial charge in [-0.25, -0.2) is 9.07 Å². The molecule has 10 heteroatoms. The molecule has 0 unspecified atom stereocenters. The van der Waals surface area contributed by atoms with Gasteiger partial charge in [-0.3, -0.25) is 14.9 Å². The largest absolute Gasteiger partial charge is 0.466 e. The number of hydrogen-bond donors (Lipinski definition) is 1. The maximum absolute atomic E-state index is 13.7. The highest BCUT2D eigenvalue weighted by Gasteiger charge is 2.16. The van der Waals surface area contributed by atoms with Crippen molar-refractivity contribution in [3.05, 3.63) is 94.3 Å². The second-order valence-corrected chi connectivity index (χ2v) is 6.65. The lowest BCUT2D eigenvalue weighted by Gasteiger charge is -2.08. The number of ether oxygens (including phenoxy) is 1. The van der Waals surface area contributed by atoms with Gasteiger partial charge in [-0.05, 0) is 42.5 Å². The Balaban J connectivity index is 1.59. The lowest BCUT2D eigenvalue weighted by atomic mass is 10.2. The summed E-state index contributed by atoms with van der Waals surface area (Å²) in [5.41, 5.74) is 1.59. The molecule has 3 aromatic carbocycles. The first kappa shape index (κ1) is 20.7. The van der Waals surface area contributed by atoms with Crippen molar-refractivity contribution < 1.29 is 18.8 Å². The first-order valence-electron chi connectivity index (χ1n) is 9.38. The highest BCUT2D eigenvalue weighted by atomic mass is 19.1. The summed E-state index contributed by atoms with van der Waals surface area (Å²) in [4.78, 5) is 27.1. The Morgan fingerprint density at radius 3 is 2.53 bits per heavy atom. The highest BCUT2D eigenvalue weighted by molar-refractivity contribution is 6.04. The van der Waals surface area contributed by atoms with E-state index in [-0.39, 0.29) is 17.3 Å². The van der Waals surface area contributed by atoms with E-state index in [4.69, 9.17) is 4.74 Å². The molecule has 1 aromatic heterocycles. The van der Waals surface area contributed by atoms with Crippen molar-refractivity contribution in [1.29, 1.82) is 0 Å². The molecular formula is C22H16FN5O4. The lowest BCUT2D eigenvalue weighted by Crippen LogP contribution is -2.12. The van der Waals surface area contributed by atoms with Crippen molar-refractivity contribution in [1.82, 2.24) is 14.8 Å². The topological polar surface area (TPSA) is 112 Å². The van der Waals surface area contributed by atoms with E-state index in [0.717, 1.165) is 0 Å². The van der Waals surface area contributed by atoms with E-state index in [9.17, 15) is 19.3 Å². The van der Waals surface area contributed by atoms with E-state index in [1.54, 1.807) is 36.4 Å². The molecule has 0 bridgehead atoms. The summed E-state index contributed by atoms with van der Waals surface area (Å²) in [6, 6.07) is 18.2. The minimum atomic E-state index is -0.561. The van der Waals surface area contributed by atoms with Gasteiger partial charge in [-0.15, -0.1) is 5.10 Å². The first-order chi connectivity index (χ1) is 15.4. The van der Waals surface area contributed by atoms with Crippen LogP contribution in [0.4, 0.5) is 15.8 Å². The molecule has 4 rings (SSSR count). The Morgan fingerprint density at radius 2 is 1.84 bits per heavy atom. The monoisotopic (exact) mass is 433 g/mol. The summed E-state index contributed by atoms with van der Waals surface area (Å²) >= 11 is 0. The maximum atomic E-state index is 13.7. The van der Waals surface area contributed by atoms with Crippen LogP contribution in [0, 0.1) is 15.9 Å².